The normalized spacial score (nSPS) is 19.7. The van der Waals surface area contributed by atoms with Crippen LogP contribution in [0.3, 0.4) is 0 Å². The van der Waals surface area contributed by atoms with E-state index in [0.717, 1.165) is 24.0 Å². The maximum Gasteiger partial charge on any atom is 0.0443 e. The summed E-state index contributed by atoms with van der Waals surface area (Å²) in [7, 11) is 0. The zero-order chi connectivity index (χ0) is 11.5. The minimum absolute atomic E-state index is 0.579. The lowest BCUT2D eigenvalue weighted by atomic mass is 9.81. The Labute approximate surface area is 103 Å². The number of halogens is 1. The Hall–Kier alpha value is -0.530. The Morgan fingerprint density at radius 3 is 2.62 bits per heavy atom. The maximum absolute atomic E-state index is 6.33. The fourth-order valence-corrected chi connectivity index (χ4v) is 3.01. The Morgan fingerprint density at radius 1 is 1.31 bits per heavy atom. The van der Waals surface area contributed by atoms with Gasteiger partial charge in [-0.15, -0.1) is 0 Å². The third-order valence-corrected chi connectivity index (χ3v) is 4.06. The number of nitrogens with one attached hydrogen (secondary N) is 1. The Bertz CT molecular complexity index is 356. The van der Waals surface area contributed by atoms with Crippen molar-refractivity contribution < 1.29 is 0 Å². The molecule has 2 rings (SSSR count). The van der Waals surface area contributed by atoms with Crippen molar-refractivity contribution in [1.82, 2.24) is 5.32 Å². The molecule has 1 saturated heterocycles. The summed E-state index contributed by atoms with van der Waals surface area (Å²) >= 11 is 6.33. The molecule has 1 aromatic carbocycles. The smallest absolute Gasteiger partial charge is 0.0443 e. The molecule has 0 spiro atoms. The van der Waals surface area contributed by atoms with Crippen LogP contribution in [0.5, 0.6) is 0 Å². The molecule has 0 amide bonds. The van der Waals surface area contributed by atoms with E-state index < -0.39 is 0 Å². The standard InChI is InChI=1S/C14H20ClN/c1-10-3-4-13(14(15)9-10)11(2)12-5-7-16-8-6-12/h3-4,9,11-12,16H,5-8H2,1-2H3. The van der Waals surface area contributed by atoms with Crippen LogP contribution in [0.1, 0.15) is 36.8 Å². The van der Waals surface area contributed by atoms with Gasteiger partial charge in [-0.25, -0.2) is 0 Å². The van der Waals surface area contributed by atoms with Crippen molar-refractivity contribution in [3.8, 4) is 0 Å². The summed E-state index contributed by atoms with van der Waals surface area (Å²) in [4.78, 5) is 0. The van der Waals surface area contributed by atoms with Gasteiger partial charge in [-0.1, -0.05) is 30.7 Å². The van der Waals surface area contributed by atoms with Crippen molar-refractivity contribution in [2.24, 2.45) is 5.92 Å². The summed E-state index contributed by atoms with van der Waals surface area (Å²) in [5, 5.41) is 4.35. The van der Waals surface area contributed by atoms with E-state index in [9.17, 15) is 0 Å². The van der Waals surface area contributed by atoms with Crippen LogP contribution in [-0.4, -0.2) is 13.1 Å². The van der Waals surface area contributed by atoms with E-state index in [1.807, 2.05) is 0 Å². The molecule has 1 unspecified atom stereocenters. The first-order chi connectivity index (χ1) is 7.68. The van der Waals surface area contributed by atoms with Crippen LogP contribution in [0, 0.1) is 12.8 Å². The molecule has 1 N–H and O–H groups in total. The van der Waals surface area contributed by atoms with Crippen LogP contribution < -0.4 is 5.32 Å². The molecule has 16 heavy (non-hydrogen) atoms. The molecule has 1 nitrogen and oxygen atoms in total. The predicted octanol–water partition coefficient (Wildman–Crippen LogP) is 3.75. The fraction of sp³-hybridized carbons (Fsp3) is 0.571. The highest BCUT2D eigenvalue weighted by Gasteiger charge is 2.22. The van der Waals surface area contributed by atoms with Crippen LogP contribution in [0.15, 0.2) is 18.2 Å². The Balaban J connectivity index is 2.15. The molecule has 2 heteroatoms. The average molecular weight is 238 g/mol. The van der Waals surface area contributed by atoms with Crippen molar-refractivity contribution in [3.63, 3.8) is 0 Å². The number of piperidine rings is 1. The molecule has 0 radical (unpaired) electrons. The van der Waals surface area contributed by atoms with Gasteiger partial charge >= 0.3 is 0 Å². The lowest BCUT2D eigenvalue weighted by molar-refractivity contribution is 0.330. The summed E-state index contributed by atoms with van der Waals surface area (Å²) in [6, 6.07) is 6.44. The Morgan fingerprint density at radius 2 is 2.00 bits per heavy atom. The highest BCUT2D eigenvalue weighted by atomic mass is 35.5. The van der Waals surface area contributed by atoms with Gasteiger partial charge in [0.25, 0.3) is 0 Å². The number of hydrogen-bond acceptors (Lipinski definition) is 1. The van der Waals surface area contributed by atoms with Crippen LogP contribution in [0.25, 0.3) is 0 Å². The zero-order valence-electron chi connectivity index (χ0n) is 10.1. The summed E-state index contributed by atoms with van der Waals surface area (Å²) in [5.74, 6) is 1.36. The lowest BCUT2D eigenvalue weighted by Gasteiger charge is -2.29. The van der Waals surface area contributed by atoms with E-state index in [-0.39, 0.29) is 0 Å². The summed E-state index contributed by atoms with van der Waals surface area (Å²) in [5.41, 5.74) is 2.56. The molecule has 0 saturated carbocycles. The number of aryl methyl sites for hydroxylation is 1. The first-order valence-corrected chi connectivity index (χ1v) is 6.53. The van der Waals surface area contributed by atoms with Gasteiger partial charge in [-0.3, -0.25) is 0 Å². The summed E-state index contributed by atoms with van der Waals surface area (Å²) < 4.78 is 0. The van der Waals surface area contributed by atoms with E-state index in [0.29, 0.717) is 5.92 Å². The molecule has 0 aliphatic carbocycles. The SMILES string of the molecule is Cc1ccc(C(C)C2CCNCC2)c(Cl)c1. The molecule has 1 aromatic rings. The molecule has 1 aliphatic rings. The highest BCUT2D eigenvalue weighted by Crippen LogP contribution is 2.34. The Kier molecular flexibility index (Phi) is 3.88. The quantitative estimate of drug-likeness (QED) is 0.826. The highest BCUT2D eigenvalue weighted by molar-refractivity contribution is 6.31. The van der Waals surface area contributed by atoms with Gasteiger partial charge in [0.05, 0.1) is 0 Å². The molecule has 1 aliphatic heterocycles. The van der Waals surface area contributed by atoms with E-state index in [1.165, 1.54) is 24.0 Å². The third-order valence-electron chi connectivity index (χ3n) is 3.74. The van der Waals surface area contributed by atoms with Gasteiger partial charge in [0.1, 0.15) is 0 Å². The number of rotatable bonds is 2. The molecule has 88 valence electrons. The summed E-state index contributed by atoms with van der Waals surface area (Å²) in [6.07, 6.45) is 2.54. The molecule has 0 bridgehead atoms. The minimum Gasteiger partial charge on any atom is -0.317 e. The third kappa shape index (κ3) is 2.58. The molecular formula is C14H20ClN. The van der Waals surface area contributed by atoms with E-state index in [2.05, 4.69) is 37.4 Å². The predicted molar refractivity (Wildman–Crippen MR) is 70.2 cm³/mol. The van der Waals surface area contributed by atoms with Crippen LogP contribution >= 0.6 is 11.6 Å². The molecule has 0 aromatic heterocycles. The van der Waals surface area contributed by atoms with Gasteiger partial charge in [0, 0.05) is 5.02 Å². The van der Waals surface area contributed by atoms with E-state index in [1.54, 1.807) is 0 Å². The van der Waals surface area contributed by atoms with Crippen molar-refractivity contribution in [2.75, 3.05) is 13.1 Å². The van der Waals surface area contributed by atoms with Crippen LogP contribution in [-0.2, 0) is 0 Å². The van der Waals surface area contributed by atoms with Crippen molar-refractivity contribution in [1.29, 1.82) is 0 Å². The second-order valence-electron chi connectivity index (χ2n) is 4.90. The average Bonchev–Trinajstić information content (AvgIpc) is 2.29. The zero-order valence-corrected chi connectivity index (χ0v) is 10.8. The topological polar surface area (TPSA) is 12.0 Å². The summed E-state index contributed by atoms with van der Waals surface area (Å²) in [6.45, 7) is 6.70. The molecule has 1 atom stereocenters. The minimum atomic E-state index is 0.579. The van der Waals surface area contributed by atoms with Crippen molar-refractivity contribution in [2.45, 2.75) is 32.6 Å². The largest absolute Gasteiger partial charge is 0.317 e. The van der Waals surface area contributed by atoms with Crippen LogP contribution in [0.4, 0.5) is 0 Å². The van der Waals surface area contributed by atoms with Gasteiger partial charge in [-0.05, 0) is 61.9 Å². The lowest BCUT2D eigenvalue weighted by Crippen LogP contribution is -2.30. The molecule has 1 heterocycles. The second kappa shape index (κ2) is 5.20. The first kappa shape index (κ1) is 11.9. The van der Waals surface area contributed by atoms with Gasteiger partial charge in [0.15, 0.2) is 0 Å². The van der Waals surface area contributed by atoms with Gasteiger partial charge in [0.2, 0.25) is 0 Å². The van der Waals surface area contributed by atoms with Gasteiger partial charge < -0.3 is 5.32 Å². The van der Waals surface area contributed by atoms with E-state index >= 15 is 0 Å². The van der Waals surface area contributed by atoms with Gasteiger partial charge in [-0.2, -0.15) is 0 Å². The van der Waals surface area contributed by atoms with Crippen molar-refractivity contribution in [3.05, 3.63) is 34.3 Å². The first-order valence-electron chi connectivity index (χ1n) is 6.15. The van der Waals surface area contributed by atoms with E-state index in [4.69, 9.17) is 11.6 Å². The monoisotopic (exact) mass is 237 g/mol. The molecular weight excluding hydrogens is 218 g/mol. The fourth-order valence-electron chi connectivity index (χ4n) is 2.60. The molecule has 1 fully saturated rings. The van der Waals surface area contributed by atoms with Crippen molar-refractivity contribution >= 4 is 11.6 Å². The maximum atomic E-state index is 6.33. The number of hydrogen-bond donors (Lipinski definition) is 1. The second-order valence-corrected chi connectivity index (χ2v) is 5.31. The number of benzene rings is 1. The van der Waals surface area contributed by atoms with Crippen LogP contribution in [0.2, 0.25) is 5.02 Å².